The fourth-order valence-electron chi connectivity index (χ4n) is 2.56. The molecule has 0 radical (unpaired) electrons. The molecular formula is C10H16N2O2. The van der Waals surface area contributed by atoms with Crippen molar-refractivity contribution >= 4 is 5.91 Å². The average molecular weight is 196 g/mol. The van der Waals surface area contributed by atoms with Crippen molar-refractivity contribution in [2.75, 3.05) is 6.61 Å². The first-order valence-electron chi connectivity index (χ1n) is 5.45. The predicted molar refractivity (Wildman–Crippen MR) is 50.5 cm³/mol. The molecule has 2 aliphatic carbocycles. The highest BCUT2D eigenvalue weighted by molar-refractivity contribution is 5.81. The number of nitrogens with one attached hydrogen (secondary N) is 1. The van der Waals surface area contributed by atoms with E-state index in [1.165, 1.54) is 0 Å². The lowest BCUT2D eigenvalue weighted by Crippen LogP contribution is -2.69. The van der Waals surface area contributed by atoms with Crippen LogP contribution in [0.25, 0.3) is 0 Å². The molecule has 3 N–H and O–H groups in total. The van der Waals surface area contributed by atoms with Gasteiger partial charge in [0.05, 0.1) is 12.1 Å². The van der Waals surface area contributed by atoms with Crippen molar-refractivity contribution in [1.82, 2.24) is 5.32 Å². The molecular weight excluding hydrogens is 180 g/mol. The minimum Gasteiger partial charge on any atom is -0.376 e. The van der Waals surface area contributed by atoms with Crippen molar-refractivity contribution < 1.29 is 9.53 Å². The molecule has 1 aliphatic heterocycles. The summed E-state index contributed by atoms with van der Waals surface area (Å²) >= 11 is 0. The topological polar surface area (TPSA) is 64.3 Å². The standard InChI is InChI=1S/C10H16N2O2/c11-7-6-3-4-14-9(6)8(7)12-10(13)5-1-2-5/h5-9H,1-4,11H2,(H,12,13). The Morgan fingerprint density at radius 2 is 2.14 bits per heavy atom. The van der Waals surface area contributed by atoms with Gasteiger partial charge in [0, 0.05) is 24.5 Å². The number of carbonyl (C=O) groups is 1. The molecule has 4 heteroatoms. The Bertz CT molecular complexity index is 265. The van der Waals surface area contributed by atoms with Crippen LogP contribution in [0.2, 0.25) is 0 Å². The Hall–Kier alpha value is -0.610. The molecule has 0 aromatic carbocycles. The van der Waals surface area contributed by atoms with Gasteiger partial charge in [0.1, 0.15) is 0 Å². The fourth-order valence-corrected chi connectivity index (χ4v) is 2.56. The molecule has 4 nitrogen and oxygen atoms in total. The van der Waals surface area contributed by atoms with Gasteiger partial charge in [-0.2, -0.15) is 0 Å². The molecule has 0 aromatic rings. The Morgan fingerprint density at radius 3 is 2.86 bits per heavy atom. The monoisotopic (exact) mass is 196 g/mol. The van der Waals surface area contributed by atoms with E-state index < -0.39 is 0 Å². The largest absolute Gasteiger partial charge is 0.376 e. The number of hydrogen-bond donors (Lipinski definition) is 2. The van der Waals surface area contributed by atoms with Crippen molar-refractivity contribution in [1.29, 1.82) is 0 Å². The first kappa shape index (κ1) is 8.68. The zero-order chi connectivity index (χ0) is 9.71. The Labute approximate surface area is 83.2 Å². The number of nitrogens with two attached hydrogens (primary N) is 1. The van der Waals surface area contributed by atoms with E-state index in [9.17, 15) is 4.79 Å². The third-order valence-electron chi connectivity index (χ3n) is 3.70. The van der Waals surface area contributed by atoms with Gasteiger partial charge < -0.3 is 15.8 Å². The van der Waals surface area contributed by atoms with Gasteiger partial charge in [-0.3, -0.25) is 4.79 Å². The molecule has 0 aromatic heterocycles. The second-order valence-corrected chi connectivity index (χ2v) is 4.67. The van der Waals surface area contributed by atoms with Crippen molar-refractivity contribution in [2.24, 2.45) is 17.6 Å². The SMILES string of the molecule is NC1C2CCOC2C1NC(=O)C1CC1. The molecule has 14 heavy (non-hydrogen) atoms. The van der Waals surface area contributed by atoms with Crippen LogP contribution in [0.5, 0.6) is 0 Å². The lowest BCUT2D eigenvalue weighted by molar-refractivity contribution is -0.126. The number of carbonyl (C=O) groups excluding carboxylic acids is 1. The summed E-state index contributed by atoms with van der Waals surface area (Å²) in [4.78, 5) is 11.5. The van der Waals surface area contributed by atoms with Crippen molar-refractivity contribution in [3.05, 3.63) is 0 Å². The Morgan fingerprint density at radius 1 is 1.36 bits per heavy atom. The molecule has 2 saturated carbocycles. The normalized spacial score (nSPS) is 45.5. The summed E-state index contributed by atoms with van der Waals surface area (Å²) < 4.78 is 5.54. The summed E-state index contributed by atoms with van der Waals surface area (Å²) in [5.41, 5.74) is 5.98. The molecule has 3 aliphatic rings. The van der Waals surface area contributed by atoms with Gasteiger partial charge in [0.2, 0.25) is 5.91 Å². The second-order valence-electron chi connectivity index (χ2n) is 4.67. The Kier molecular flexibility index (Phi) is 1.82. The average Bonchev–Trinajstić information content (AvgIpc) is 2.94. The van der Waals surface area contributed by atoms with Gasteiger partial charge in [-0.25, -0.2) is 0 Å². The van der Waals surface area contributed by atoms with Crippen LogP contribution < -0.4 is 11.1 Å². The van der Waals surface area contributed by atoms with E-state index in [1.54, 1.807) is 0 Å². The number of fused-ring (bicyclic) bond motifs is 1. The molecule has 1 saturated heterocycles. The maximum absolute atomic E-state index is 11.5. The minimum absolute atomic E-state index is 0.0793. The smallest absolute Gasteiger partial charge is 0.223 e. The van der Waals surface area contributed by atoms with E-state index in [2.05, 4.69) is 5.32 Å². The van der Waals surface area contributed by atoms with Gasteiger partial charge in [-0.15, -0.1) is 0 Å². The highest BCUT2D eigenvalue weighted by Crippen LogP contribution is 2.38. The molecule has 78 valence electrons. The van der Waals surface area contributed by atoms with E-state index >= 15 is 0 Å². The molecule has 4 atom stereocenters. The third kappa shape index (κ3) is 1.17. The summed E-state index contributed by atoms with van der Waals surface area (Å²) in [7, 11) is 0. The van der Waals surface area contributed by atoms with E-state index in [4.69, 9.17) is 10.5 Å². The van der Waals surface area contributed by atoms with Crippen LogP contribution in [-0.2, 0) is 9.53 Å². The first-order chi connectivity index (χ1) is 6.77. The van der Waals surface area contributed by atoms with Crippen LogP contribution >= 0.6 is 0 Å². The summed E-state index contributed by atoms with van der Waals surface area (Å²) in [6, 6.07) is 0.195. The molecule has 0 spiro atoms. The first-order valence-corrected chi connectivity index (χ1v) is 5.45. The molecule has 1 amide bonds. The quantitative estimate of drug-likeness (QED) is 0.633. The fraction of sp³-hybridized carbons (Fsp3) is 0.900. The molecule has 3 fully saturated rings. The van der Waals surface area contributed by atoms with E-state index in [0.29, 0.717) is 5.92 Å². The van der Waals surface area contributed by atoms with Crippen LogP contribution in [0.15, 0.2) is 0 Å². The lowest BCUT2D eigenvalue weighted by Gasteiger charge is -2.45. The number of hydrogen-bond acceptors (Lipinski definition) is 3. The maximum Gasteiger partial charge on any atom is 0.223 e. The van der Waals surface area contributed by atoms with Crippen LogP contribution in [-0.4, -0.2) is 30.7 Å². The van der Waals surface area contributed by atoms with E-state index in [-0.39, 0.29) is 30.0 Å². The van der Waals surface area contributed by atoms with Crippen LogP contribution in [0.3, 0.4) is 0 Å². The van der Waals surface area contributed by atoms with Crippen LogP contribution in [0.1, 0.15) is 19.3 Å². The Balaban J connectivity index is 1.60. The summed E-state index contributed by atoms with van der Waals surface area (Å²) in [6.45, 7) is 0.804. The van der Waals surface area contributed by atoms with Crippen molar-refractivity contribution in [3.8, 4) is 0 Å². The highest BCUT2D eigenvalue weighted by atomic mass is 16.5. The maximum atomic E-state index is 11.5. The van der Waals surface area contributed by atoms with Crippen molar-refractivity contribution in [3.63, 3.8) is 0 Å². The summed E-state index contributed by atoms with van der Waals surface area (Å²) in [5, 5.41) is 3.01. The minimum atomic E-state index is 0.0793. The second kappa shape index (κ2) is 2.94. The van der Waals surface area contributed by atoms with Gasteiger partial charge >= 0.3 is 0 Å². The highest BCUT2D eigenvalue weighted by Gasteiger charge is 2.53. The lowest BCUT2D eigenvalue weighted by atomic mass is 9.72. The van der Waals surface area contributed by atoms with Crippen LogP contribution in [0.4, 0.5) is 0 Å². The molecule has 3 rings (SSSR count). The van der Waals surface area contributed by atoms with Gasteiger partial charge in [0.25, 0.3) is 0 Å². The van der Waals surface area contributed by atoms with Gasteiger partial charge in [-0.05, 0) is 19.3 Å². The van der Waals surface area contributed by atoms with Gasteiger partial charge in [-0.1, -0.05) is 0 Å². The molecule has 4 unspecified atom stereocenters. The summed E-state index contributed by atoms with van der Waals surface area (Å²) in [5.74, 6) is 0.932. The molecule has 1 heterocycles. The zero-order valence-corrected chi connectivity index (χ0v) is 8.11. The summed E-state index contributed by atoms with van der Waals surface area (Å²) in [6.07, 6.45) is 3.35. The van der Waals surface area contributed by atoms with Crippen LogP contribution in [0, 0.1) is 11.8 Å². The molecule has 0 bridgehead atoms. The number of amides is 1. The van der Waals surface area contributed by atoms with Gasteiger partial charge in [0.15, 0.2) is 0 Å². The predicted octanol–water partition coefficient (Wildman–Crippen LogP) is -0.373. The zero-order valence-electron chi connectivity index (χ0n) is 8.11. The van der Waals surface area contributed by atoms with E-state index in [1.807, 2.05) is 0 Å². The van der Waals surface area contributed by atoms with E-state index in [0.717, 1.165) is 25.9 Å². The van der Waals surface area contributed by atoms with Crippen molar-refractivity contribution in [2.45, 2.75) is 37.5 Å². The third-order valence-corrected chi connectivity index (χ3v) is 3.70. The number of ether oxygens (including phenoxy) is 1. The number of rotatable bonds is 2.